The van der Waals surface area contributed by atoms with Crippen LogP contribution in [0.25, 0.3) is 0 Å². The molecule has 0 saturated heterocycles. The summed E-state index contributed by atoms with van der Waals surface area (Å²) in [5.41, 5.74) is 5.07. The van der Waals surface area contributed by atoms with Gasteiger partial charge in [-0.3, -0.25) is 0 Å². The van der Waals surface area contributed by atoms with E-state index in [0.717, 1.165) is 31.5 Å². The minimum Gasteiger partial charge on any atom is -0.396 e. The van der Waals surface area contributed by atoms with Gasteiger partial charge in [-0.2, -0.15) is 0 Å². The average molecular weight is 321 g/mol. The lowest BCUT2D eigenvalue weighted by atomic mass is 9.93. The van der Waals surface area contributed by atoms with Crippen LogP contribution in [0.4, 0.5) is 0 Å². The highest BCUT2D eigenvalue weighted by Crippen LogP contribution is 2.36. The Morgan fingerprint density at radius 1 is 1.43 bits per heavy atom. The first-order chi connectivity index (χ1) is 11.0. The van der Waals surface area contributed by atoms with E-state index in [-0.39, 0.29) is 6.10 Å². The van der Waals surface area contributed by atoms with Gasteiger partial charge >= 0.3 is 0 Å². The van der Waals surface area contributed by atoms with Gasteiger partial charge in [0.05, 0.1) is 11.8 Å². The first-order valence-electron chi connectivity index (χ1n) is 8.69. The molecular formula is C18H31N3O2. The van der Waals surface area contributed by atoms with Crippen molar-refractivity contribution in [2.75, 3.05) is 20.3 Å². The summed E-state index contributed by atoms with van der Waals surface area (Å²) in [6, 6.07) is 0. The van der Waals surface area contributed by atoms with Crippen molar-refractivity contribution in [1.29, 1.82) is 0 Å². The van der Waals surface area contributed by atoms with E-state index in [9.17, 15) is 0 Å². The van der Waals surface area contributed by atoms with Crippen LogP contribution in [0.2, 0.25) is 0 Å². The Labute approximate surface area is 140 Å². The molecule has 0 saturated carbocycles. The molecule has 3 atom stereocenters. The predicted molar refractivity (Wildman–Crippen MR) is 94.0 cm³/mol. The summed E-state index contributed by atoms with van der Waals surface area (Å²) in [7, 11) is 1.78. The van der Waals surface area contributed by atoms with Gasteiger partial charge in [-0.05, 0) is 39.5 Å². The number of methoxy groups -OCH3 is 1. The molecule has 2 aliphatic rings. The Kier molecular flexibility index (Phi) is 6.51. The lowest BCUT2D eigenvalue weighted by Gasteiger charge is -2.21. The van der Waals surface area contributed by atoms with Crippen LogP contribution in [0.1, 0.15) is 47.0 Å². The van der Waals surface area contributed by atoms with Crippen molar-refractivity contribution in [2.24, 2.45) is 17.0 Å². The first-order valence-corrected chi connectivity index (χ1v) is 8.69. The summed E-state index contributed by atoms with van der Waals surface area (Å²) in [6.07, 6.45) is 5.59. The molecule has 0 aromatic rings. The Hall–Kier alpha value is -1.49. The minimum absolute atomic E-state index is 0.246. The first kappa shape index (κ1) is 17.9. The Balaban J connectivity index is 2.04. The number of hydrogen-bond acceptors (Lipinski definition) is 5. The molecule has 0 radical (unpaired) electrons. The second-order valence-corrected chi connectivity index (χ2v) is 6.58. The quantitative estimate of drug-likeness (QED) is 0.533. The maximum Gasteiger partial charge on any atom is 0.114 e. The molecule has 2 N–H and O–H groups in total. The van der Waals surface area contributed by atoms with Crippen molar-refractivity contribution in [2.45, 2.75) is 53.1 Å². The molecule has 23 heavy (non-hydrogen) atoms. The number of nitrogens with one attached hydrogen (secondary N) is 2. The van der Waals surface area contributed by atoms with Gasteiger partial charge in [0.25, 0.3) is 0 Å². The van der Waals surface area contributed by atoms with Crippen LogP contribution in [-0.4, -0.2) is 32.1 Å². The summed E-state index contributed by atoms with van der Waals surface area (Å²) < 4.78 is 5.48. The predicted octanol–water partition coefficient (Wildman–Crippen LogP) is 3.16. The average Bonchev–Trinajstić information content (AvgIpc) is 3.08. The third-order valence-corrected chi connectivity index (χ3v) is 4.44. The lowest BCUT2D eigenvalue weighted by Crippen LogP contribution is -2.23. The number of hydrogen-bond donors (Lipinski definition) is 2. The van der Waals surface area contributed by atoms with Crippen LogP contribution in [0.15, 0.2) is 28.3 Å². The zero-order chi connectivity index (χ0) is 16.8. The Morgan fingerprint density at radius 2 is 2.22 bits per heavy atom. The van der Waals surface area contributed by atoms with E-state index in [4.69, 9.17) is 9.57 Å². The Morgan fingerprint density at radius 3 is 2.91 bits per heavy atom. The summed E-state index contributed by atoms with van der Waals surface area (Å²) >= 11 is 0. The van der Waals surface area contributed by atoms with Crippen LogP contribution < -0.4 is 10.6 Å². The molecule has 2 heterocycles. The second-order valence-electron chi connectivity index (χ2n) is 6.58. The summed E-state index contributed by atoms with van der Waals surface area (Å²) in [6.45, 7) is 10.00. The molecule has 0 spiro atoms. The van der Waals surface area contributed by atoms with Gasteiger partial charge in [-0.15, -0.1) is 0 Å². The van der Waals surface area contributed by atoms with Crippen molar-refractivity contribution in [1.82, 2.24) is 10.6 Å². The highest BCUT2D eigenvalue weighted by molar-refractivity contribution is 5.81. The van der Waals surface area contributed by atoms with Gasteiger partial charge in [0.15, 0.2) is 0 Å². The maximum absolute atomic E-state index is 5.48. The van der Waals surface area contributed by atoms with E-state index in [1.165, 1.54) is 17.1 Å². The van der Waals surface area contributed by atoms with Crippen molar-refractivity contribution in [3.63, 3.8) is 0 Å². The molecule has 5 nitrogen and oxygen atoms in total. The monoisotopic (exact) mass is 321 g/mol. The largest absolute Gasteiger partial charge is 0.396 e. The van der Waals surface area contributed by atoms with Gasteiger partial charge in [0.2, 0.25) is 0 Å². The summed E-state index contributed by atoms with van der Waals surface area (Å²) in [5.74, 6) is 0.816. The number of rotatable bonds is 8. The molecule has 0 bridgehead atoms. The van der Waals surface area contributed by atoms with E-state index < -0.39 is 0 Å². The summed E-state index contributed by atoms with van der Waals surface area (Å²) in [5, 5.41) is 11.3. The standard InChI is InChI=1S/C18H31N3O2/c1-6-23-21-13(3)9-12(2)10-17-15(11-14(4)22-5)18-16(20-17)7-8-19-18/h10,12,14-15,19-20H,6-9,11H2,1-5H3/b17-10+,21-13-. The van der Waals surface area contributed by atoms with Crippen LogP contribution in [0.5, 0.6) is 0 Å². The molecule has 5 heteroatoms. The minimum atomic E-state index is 0.246. The van der Waals surface area contributed by atoms with Crippen molar-refractivity contribution in [3.05, 3.63) is 23.2 Å². The number of ether oxygens (including phenoxy) is 1. The number of nitrogens with zero attached hydrogens (tertiary/aromatic N) is 1. The van der Waals surface area contributed by atoms with Crippen LogP contribution in [0.3, 0.4) is 0 Å². The zero-order valence-electron chi connectivity index (χ0n) is 15.1. The maximum atomic E-state index is 5.48. The topological polar surface area (TPSA) is 54.9 Å². The molecule has 3 unspecified atom stereocenters. The zero-order valence-corrected chi connectivity index (χ0v) is 15.1. The molecule has 0 aromatic carbocycles. The van der Waals surface area contributed by atoms with Gasteiger partial charge in [-0.1, -0.05) is 18.2 Å². The van der Waals surface area contributed by atoms with Crippen LogP contribution in [0, 0.1) is 11.8 Å². The molecule has 0 fully saturated rings. The van der Waals surface area contributed by atoms with E-state index >= 15 is 0 Å². The Bertz CT molecular complexity index is 496. The summed E-state index contributed by atoms with van der Waals surface area (Å²) in [4.78, 5) is 5.13. The van der Waals surface area contributed by atoms with Gasteiger partial charge in [0.1, 0.15) is 6.61 Å². The normalized spacial score (nSPS) is 25.2. The molecule has 130 valence electrons. The van der Waals surface area contributed by atoms with E-state index in [0.29, 0.717) is 18.4 Å². The van der Waals surface area contributed by atoms with Crippen LogP contribution in [-0.2, 0) is 9.57 Å². The molecule has 0 aromatic heterocycles. The third-order valence-electron chi connectivity index (χ3n) is 4.44. The molecular weight excluding hydrogens is 290 g/mol. The van der Waals surface area contributed by atoms with Crippen molar-refractivity contribution < 1.29 is 9.57 Å². The SMILES string of the molecule is CCO/N=C(/C)CC(C)/C=C1/NC2=C(NCC2)C1CC(C)OC. The molecule has 0 amide bonds. The molecule has 0 aliphatic carbocycles. The highest BCUT2D eigenvalue weighted by Gasteiger charge is 2.33. The van der Waals surface area contributed by atoms with E-state index in [1.807, 2.05) is 13.8 Å². The van der Waals surface area contributed by atoms with Crippen LogP contribution >= 0.6 is 0 Å². The van der Waals surface area contributed by atoms with E-state index in [1.54, 1.807) is 7.11 Å². The van der Waals surface area contributed by atoms with Gasteiger partial charge < -0.3 is 20.2 Å². The van der Waals surface area contributed by atoms with Crippen molar-refractivity contribution >= 4 is 5.71 Å². The number of allylic oxidation sites excluding steroid dienone is 1. The smallest absolute Gasteiger partial charge is 0.114 e. The van der Waals surface area contributed by atoms with Gasteiger partial charge in [0, 0.05) is 43.1 Å². The highest BCUT2D eigenvalue weighted by atomic mass is 16.6. The second kappa shape index (κ2) is 8.39. The number of oxime groups is 1. The fourth-order valence-corrected chi connectivity index (χ4v) is 3.32. The lowest BCUT2D eigenvalue weighted by molar-refractivity contribution is 0.103. The fraction of sp³-hybridized carbons (Fsp3) is 0.722. The molecule has 2 rings (SSSR count). The van der Waals surface area contributed by atoms with E-state index in [2.05, 4.69) is 35.7 Å². The fourth-order valence-electron chi connectivity index (χ4n) is 3.32. The third kappa shape index (κ3) is 4.74. The van der Waals surface area contributed by atoms with Crippen molar-refractivity contribution in [3.8, 4) is 0 Å². The molecule has 2 aliphatic heterocycles. The van der Waals surface area contributed by atoms with Gasteiger partial charge in [-0.25, -0.2) is 0 Å².